The van der Waals surface area contributed by atoms with Gasteiger partial charge in [0.2, 0.25) is 11.7 Å². The zero-order valence-electron chi connectivity index (χ0n) is 16.8. The third-order valence-electron chi connectivity index (χ3n) is 5.07. The van der Waals surface area contributed by atoms with Crippen LogP contribution in [0.15, 0.2) is 67.0 Å². The second-order valence-electron chi connectivity index (χ2n) is 7.00. The summed E-state index contributed by atoms with van der Waals surface area (Å²) < 4.78 is 6.60. The predicted molar refractivity (Wildman–Crippen MR) is 114 cm³/mol. The first kappa shape index (κ1) is 19.5. The molecule has 0 N–H and O–H groups in total. The maximum absolute atomic E-state index is 13.7. The number of nitrogens with zero attached hydrogens (tertiary/aromatic N) is 3. The van der Waals surface area contributed by atoms with Crippen molar-refractivity contribution in [2.75, 3.05) is 7.11 Å². The Labute approximate surface area is 174 Å². The van der Waals surface area contributed by atoms with Crippen LogP contribution in [0.3, 0.4) is 0 Å². The molecule has 0 atom stereocenters. The molecule has 0 aliphatic carbocycles. The fourth-order valence-electron chi connectivity index (χ4n) is 3.58. The van der Waals surface area contributed by atoms with Crippen molar-refractivity contribution >= 4 is 22.7 Å². The van der Waals surface area contributed by atoms with E-state index in [-0.39, 0.29) is 18.2 Å². The first-order chi connectivity index (χ1) is 14.6. The number of para-hydroxylation sites is 1. The smallest absolute Gasteiger partial charge is 0.305 e. The van der Waals surface area contributed by atoms with Crippen LogP contribution in [0.4, 0.5) is 0 Å². The van der Waals surface area contributed by atoms with Crippen molar-refractivity contribution in [2.24, 2.45) is 0 Å². The second-order valence-corrected chi connectivity index (χ2v) is 7.00. The van der Waals surface area contributed by atoms with Crippen molar-refractivity contribution < 1.29 is 14.3 Å². The number of aromatic nitrogens is 3. The van der Waals surface area contributed by atoms with E-state index < -0.39 is 0 Å². The summed E-state index contributed by atoms with van der Waals surface area (Å²) in [5.74, 6) is -0.0523. The largest absolute Gasteiger partial charge is 0.469 e. The number of ketones is 1. The Morgan fingerprint density at radius 3 is 2.37 bits per heavy atom. The van der Waals surface area contributed by atoms with E-state index in [1.807, 2.05) is 55.5 Å². The molecule has 150 valence electrons. The molecule has 0 spiro atoms. The van der Waals surface area contributed by atoms with Crippen LogP contribution < -0.4 is 0 Å². The second kappa shape index (κ2) is 8.29. The minimum atomic E-state index is -0.323. The molecule has 0 fully saturated rings. The van der Waals surface area contributed by atoms with E-state index in [1.54, 1.807) is 23.0 Å². The van der Waals surface area contributed by atoms with Gasteiger partial charge in [0.25, 0.3) is 0 Å². The molecule has 2 heterocycles. The normalized spacial score (nSPS) is 10.9. The van der Waals surface area contributed by atoms with Gasteiger partial charge in [0.15, 0.2) is 0 Å². The SMILES string of the molecule is COC(=O)CCc1c(C(=O)c2ccc(C)cc2)n(-c2ncccn2)c2ccccc12. The number of hydrogen-bond donors (Lipinski definition) is 0. The predicted octanol–water partition coefficient (Wildman–Crippen LogP) is 4.07. The van der Waals surface area contributed by atoms with Gasteiger partial charge in [0, 0.05) is 29.8 Å². The van der Waals surface area contributed by atoms with Crippen LogP contribution in [0.25, 0.3) is 16.9 Å². The van der Waals surface area contributed by atoms with Gasteiger partial charge in [-0.1, -0.05) is 48.0 Å². The molecule has 0 unspecified atom stereocenters. The number of carbonyl (C=O) groups is 2. The minimum Gasteiger partial charge on any atom is -0.469 e. The summed E-state index contributed by atoms with van der Waals surface area (Å²) in [5.41, 5.74) is 3.72. The summed E-state index contributed by atoms with van der Waals surface area (Å²) in [6.07, 6.45) is 3.84. The molecule has 2 aromatic carbocycles. The van der Waals surface area contributed by atoms with Crippen LogP contribution >= 0.6 is 0 Å². The number of rotatable bonds is 6. The lowest BCUT2D eigenvalue weighted by atomic mass is 9.99. The molecular weight excluding hydrogens is 378 g/mol. The van der Waals surface area contributed by atoms with Crippen molar-refractivity contribution in [1.82, 2.24) is 14.5 Å². The standard InChI is InChI=1S/C24H21N3O3/c1-16-8-10-17(11-9-16)23(29)22-19(12-13-21(28)30-2)18-6-3-4-7-20(18)27(22)24-25-14-5-15-26-24/h3-11,14-15H,12-13H2,1-2H3. The first-order valence-electron chi connectivity index (χ1n) is 9.68. The molecule has 0 bridgehead atoms. The Hall–Kier alpha value is -3.80. The average Bonchev–Trinajstić information content (AvgIpc) is 3.12. The summed E-state index contributed by atoms with van der Waals surface area (Å²) in [6, 6.07) is 16.9. The number of fused-ring (bicyclic) bond motifs is 1. The van der Waals surface area contributed by atoms with E-state index in [1.165, 1.54) is 7.11 Å². The van der Waals surface area contributed by atoms with E-state index in [2.05, 4.69) is 9.97 Å². The molecule has 0 aliphatic heterocycles. The number of aryl methyl sites for hydroxylation is 2. The molecule has 6 heteroatoms. The maximum atomic E-state index is 13.7. The molecule has 30 heavy (non-hydrogen) atoms. The number of carbonyl (C=O) groups excluding carboxylic acids is 2. The van der Waals surface area contributed by atoms with Gasteiger partial charge in [0.05, 0.1) is 12.6 Å². The van der Waals surface area contributed by atoms with E-state index in [9.17, 15) is 9.59 Å². The quantitative estimate of drug-likeness (QED) is 0.361. The number of benzene rings is 2. The summed E-state index contributed by atoms with van der Waals surface area (Å²) in [6.45, 7) is 1.98. The fraction of sp³-hybridized carbons (Fsp3) is 0.167. The van der Waals surface area contributed by atoms with Crippen molar-refractivity contribution in [3.8, 4) is 5.95 Å². The van der Waals surface area contributed by atoms with Crippen LogP contribution in [0.5, 0.6) is 0 Å². The molecule has 0 saturated heterocycles. The van der Waals surface area contributed by atoms with Gasteiger partial charge in [-0.25, -0.2) is 9.97 Å². The van der Waals surface area contributed by atoms with Gasteiger partial charge in [-0.2, -0.15) is 0 Å². The molecule has 4 aromatic rings. The molecule has 0 amide bonds. The van der Waals surface area contributed by atoms with E-state index >= 15 is 0 Å². The fourth-order valence-corrected chi connectivity index (χ4v) is 3.58. The van der Waals surface area contributed by atoms with Crippen LogP contribution in [0.2, 0.25) is 0 Å². The lowest BCUT2D eigenvalue weighted by Gasteiger charge is -2.10. The summed E-state index contributed by atoms with van der Waals surface area (Å²) >= 11 is 0. The summed E-state index contributed by atoms with van der Waals surface area (Å²) in [4.78, 5) is 34.3. The summed E-state index contributed by atoms with van der Waals surface area (Å²) in [5, 5.41) is 0.893. The van der Waals surface area contributed by atoms with E-state index in [4.69, 9.17) is 4.74 Å². The Morgan fingerprint density at radius 1 is 0.967 bits per heavy atom. The average molecular weight is 399 g/mol. The number of ether oxygens (including phenoxy) is 1. The van der Waals surface area contributed by atoms with Crippen LogP contribution in [-0.2, 0) is 16.0 Å². The lowest BCUT2D eigenvalue weighted by Crippen LogP contribution is -2.14. The first-order valence-corrected chi connectivity index (χ1v) is 9.68. The summed E-state index contributed by atoms with van der Waals surface area (Å²) in [7, 11) is 1.36. The van der Waals surface area contributed by atoms with Crippen LogP contribution in [-0.4, -0.2) is 33.4 Å². The molecule has 4 rings (SSSR count). The topological polar surface area (TPSA) is 74.1 Å². The van der Waals surface area contributed by atoms with Crippen molar-refractivity contribution in [1.29, 1.82) is 0 Å². The van der Waals surface area contributed by atoms with E-state index in [0.717, 1.165) is 22.0 Å². The number of methoxy groups -OCH3 is 1. The zero-order valence-corrected chi connectivity index (χ0v) is 16.8. The van der Waals surface area contributed by atoms with Crippen molar-refractivity contribution in [2.45, 2.75) is 19.8 Å². The van der Waals surface area contributed by atoms with Crippen molar-refractivity contribution in [3.63, 3.8) is 0 Å². The molecule has 6 nitrogen and oxygen atoms in total. The Morgan fingerprint density at radius 2 is 1.67 bits per heavy atom. The zero-order chi connectivity index (χ0) is 21.1. The van der Waals surface area contributed by atoms with Crippen molar-refractivity contribution in [3.05, 3.63) is 89.4 Å². The Kier molecular flexibility index (Phi) is 5.39. The Bertz CT molecular complexity index is 1210. The van der Waals surface area contributed by atoms with Gasteiger partial charge in [-0.05, 0) is 31.0 Å². The van der Waals surface area contributed by atoms with E-state index in [0.29, 0.717) is 23.6 Å². The minimum absolute atomic E-state index is 0.140. The molecular formula is C24H21N3O3. The lowest BCUT2D eigenvalue weighted by molar-refractivity contribution is -0.140. The highest BCUT2D eigenvalue weighted by molar-refractivity contribution is 6.12. The van der Waals surface area contributed by atoms with Crippen LogP contribution in [0, 0.1) is 6.92 Å². The van der Waals surface area contributed by atoms with Gasteiger partial charge in [-0.15, -0.1) is 0 Å². The van der Waals surface area contributed by atoms with Gasteiger partial charge < -0.3 is 4.74 Å². The third kappa shape index (κ3) is 3.59. The number of hydrogen-bond acceptors (Lipinski definition) is 5. The van der Waals surface area contributed by atoms with Gasteiger partial charge in [-0.3, -0.25) is 14.2 Å². The molecule has 0 aliphatic rings. The monoisotopic (exact) mass is 399 g/mol. The highest BCUT2D eigenvalue weighted by Crippen LogP contribution is 2.31. The molecule has 0 saturated carbocycles. The third-order valence-corrected chi connectivity index (χ3v) is 5.07. The highest BCUT2D eigenvalue weighted by Gasteiger charge is 2.26. The molecule has 0 radical (unpaired) electrons. The Balaban J connectivity index is 1.98. The maximum Gasteiger partial charge on any atom is 0.305 e. The molecule has 2 aromatic heterocycles. The van der Waals surface area contributed by atoms with Gasteiger partial charge >= 0.3 is 5.97 Å². The van der Waals surface area contributed by atoms with Gasteiger partial charge in [0.1, 0.15) is 5.69 Å². The highest BCUT2D eigenvalue weighted by atomic mass is 16.5. The van der Waals surface area contributed by atoms with Crippen LogP contribution in [0.1, 0.15) is 33.6 Å². The number of esters is 1.